The topological polar surface area (TPSA) is 86.0 Å². The van der Waals surface area contributed by atoms with Crippen molar-refractivity contribution in [2.24, 2.45) is 5.41 Å². The zero-order valence-corrected chi connectivity index (χ0v) is 24.1. The largest absolute Gasteiger partial charge is 0.362 e. The molecule has 1 aromatic heterocycles. The van der Waals surface area contributed by atoms with Gasteiger partial charge >= 0.3 is 0 Å². The molecule has 3 aromatic rings. The Labute approximate surface area is 239 Å². The smallest absolute Gasteiger partial charge is 0.183 e. The maximum atomic E-state index is 13.5. The van der Waals surface area contributed by atoms with Crippen LogP contribution in [0.15, 0.2) is 55.0 Å². The van der Waals surface area contributed by atoms with Crippen molar-refractivity contribution in [3.05, 3.63) is 87.4 Å². The number of benzene rings is 2. The second-order valence-electron chi connectivity index (χ2n) is 9.67. The molecule has 0 unspecified atom stereocenters. The number of thiocarbonyl (C=S) groups is 1. The summed E-state index contributed by atoms with van der Waals surface area (Å²) in [7, 11) is 0. The molecule has 0 aliphatic heterocycles. The number of nitrogens with one attached hydrogen (secondary N) is 2. The number of imidazole rings is 1. The number of hydrogen-bond donors (Lipinski definition) is 2. The van der Waals surface area contributed by atoms with Gasteiger partial charge in [0.15, 0.2) is 5.11 Å². The van der Waals surface area contributed by atoms with Crippen molar-refractivity contribution >= 4 is 46.3 Å². The van der Waals surface area contributed by atoms with E-state index in [0.717, 1.165) is 29.8 Å². The van der Waals surface area contributed by atoms with Gasteiger partial charge in [0.05, 0.1) is 28.0 Å². The standard InChI is InChI=1S/C28H32Cl2N6OS/c1-4-12-33-27(38)36(34-15-22-6-5-7-24(29)26(22)30)18-28(2,3)25(37)13-23-16-32-19-35(23)17-21-10-8-20(14-31)9-11-21/h5-11,16,19,34H,4,12-13,15,17-18H2,1-3H3,(H,33,38). The molecule has 2 aromatic carbocycles. The summed E-state index contributed by atoms with van der Waals surface area (Å²) < 4.78 is 1.96. The minimum Gasteiger partial charge on any atom is -0.362 e. The lowest BCUT2D eigenvalue weighted by Gasteiger charge is -2.34. The second-order valence-corrected chi connectivity index (χ2v) is 10.8. The van der Waals surface area contributed by atoms with Crippen LogP contribution in [-0.4, -0.2) is 38.5 Å². The van der Waals surface area contributed by atoms with Gasteiger partial charge in [0.2, 0.25) is 0 Å². The molecule has 0 fully saturated rings. The summed E-state index contributed by atoms with van der Waals surface area (Å²) in [6.07, 6.45) is 4.59. The highest BCUT2D eigenvalue weighted by molar-refractivity contribution is 7.80. The summed E-state index contributed by atoms with van der Waals surface area (Å²) >= 11 is 18.2. The summed E-state index contributed by atoms with van der Waals surface area (Å²) in [6, 6.07) is 15.0. The SMILES string of the molecule is CCCNC(=S)N(CC(C)(C)C(=O)Cc1cncn1Cc1ccc(C#N)cc1)NCc1cccc(Cl)c1Cl. The van der Waals surface area contributed by atoms with Crippen molar-refractivity contribution in [3.63, 3.8) is 0 Å². The van der Waals surface area contributed by atoms with Gasteiger partial charge in [-0.1, -0.05) is 68.2 Å². The van der Waals surface area contributed by atoms with Gasteiger partial charge in [0.25, 0.3) is 0 Å². The normalized spacial score (nSPS) is 11.2. The van der Waals surface area contributed by atoms with Crippen molar-refractivity contribution in [3.8, 4) is 6.07 Å². The highest BCUT2D eigenvalue weighted by atomic mass is 35.5. The van der Waals surface area contributed by atoms with Crippen LogP contribution in [0.5, 0.6) is 0 Å². The Balaban J connectivity index is 1.70. The average molecular weight is 572 g/mol. The van der Waals surface area contributed by atoms with Crippen LogP contribution in [0.4, 0.5) is 0 Å². The molecule has 10 heteroatoms. The van der Waals surface area contributed by atoms with E-state index in [2.05, 4.69) is 28.7 Å². The number of carbonyl (C=O) groups excluding carboxylic acids is 1. The van der Waals surface area contributed by atoms with Crippen LogP contribution in [0.3, 0.4) is 0 Å². The van der Waals surface area contributed by atoms with Gasteiger partial charge in [-0.05, 0) is 48.0 Å². The molecular weight excluding hydrogens is 539 g/mol. The van der Waals surface area contributed by atoms with Gasteiger partial charge in [-0.3, -0.25) is 9.80 Å². The van der Waals surface area contributed by atoms with Crippen molar-refractivity contribution in [2.75, 3.05) is 13.1 Å². The van der Waals surface area contributed by atoms with E-state index in [4.69, 9.17) is 40.7 Å². The molecule has 200 valence electrons. The maximum absolute atomic E-state index is 13.5. The van der Waals surface area contributed by atoms with E-state index < -0.39 is 5.41 Å². The Morgan fingerprint density at radius 3 is 2.63 bits per heavy atom. The predicted molar refractivity (Wildman–Crippen MR) is 156 cm³/mol. The van der Waals surface area contributed by atoms with Crippen LogP contribution < -0.4 is 10.7 Å². The number of aromatic nitrogens is 2. The highest BCUT2D eigenvalue weighted by Gasteiger charge is 2.32. The Kier molecular flexibility index (Phi) is 10.7. The summed E-state index contributed by atoms with van der Waals surface area (Å²) in [6.45, 7) is 7.93. The van der Waals surface area contributed by atoms with Crippen LogP contribution in [0.25, 0.3) is 0 Å². The summed E-state index contributed by atoms with van der Waals surface area (Å²) in [5, 5.41) is 15.5. The number of halogens is 2. The van der Waals surface area contributed by atoms with E-state index in [1.165, 1.54) is 0 Å². The van der Waals surface area contributed by atoms with Crippen LogP contribution in [-0.2, 0) is 24.3 Å². The first-order valence-corrected chi connectivity index (χ1v) is 13.5. The molecule has 0 spiro atoms. The van der Waals surface area contributed by atoms with Crippen LogP contribution in [0.1, 0.15) is 49.6 Å². The molecule has 1 heterocycles. The average Bonchev–Trinajstić information content (AvgIpc) is 3.33. The van der Waals surface area contributed by atoms with E-state index >= 15 is 0 Å². The molecule has 0 bridgehead atoms. The number of Topliss-reactive ketones (excluding diaryl/α,β-unsaturated/α-hetero) is 1. The quantitative estimate of drug-likeness (QED) is 0.218. The summed E-state index contributed by atoms with van der Waals surface area (Å²) in [5.74, 6) is 0.0601. The number of carbonyl (C=O) groups is 1. The lowest BCUT2D eigenvalue weighted by Crippen LogP contribution is -2.53. The number of hydrazine groups is 1. The Hall–Kier alpha value is -2.96. The minimum absolute atomic E-state index is 0.0601. The predicted octanol–water partition coefficient (Wildman–Crippen LogP) is 5.54. The van der Waals surface area contributed by atoms with Crippen molar-refractivity contribution in [1.82, 2.24) is 25.3 Å². The highest BCUT2D eigenvalue weighted by Crippen LogP contribution is 2.26. The molecule has 3 rings (SSSR count). The lowest BCUT2D eigenvalue weighted by atomic mass is 9.85. The first-order valence-electron chi connectivity index (χ1n) is 12.4. The van der Waals surface area contributed by atoms with Crippen molar-refractivity contribution in [1.29, 1.82) is 5.26 Å². The molecule has 0 aliphatic rings. The number of rotatable bonds is 12. The number of nitrogens with zero attached hydrogens (tertiary/aromatic N) is 4. The Bertz CT molecular complexity index is 1300. The Morgan fingerprint density at radius 2 is 1.95 bits per heavy atom. The van der Waals surface area contributed by atoms with Crippen LogP contribution in [0, 0.1) is 16.7 Å². The minimum atomic E-state index is -0.730. The monoisotopic (exact) mass is 570 g/mol. The fourth-order valence-electron chi connectivity index (χ4n) is 3.80. The third-order valence-electron chi connectivity index (χ3n) is 6.15. The molecule has 38 heavy (non-hydrogen) atoms. The summed E-state index contributed by atoms with van der Waals surface area (Å²) in [5.41, 5.74) is 5.89. The molecule has 0 amide bonds. The fourth-order valence-corrected chi connectivity index (χ4v) is 4.42. The lowest BCUT2D eigenvalue weighted by molar-refractivity contribution is -0.127. The number of nitriles is 1. The van der Waals surface area contributed by atoms with E-state index in [0.29, 0.717) is 40.4 Å². The second kappa shape index (κ2) is 13.7. The summed E-state index contributed by atoms with van der Waals surface area (Å²) in [4.78, 5) is 17.8. The molecule has 0 radical (unpaired) electrons. The van der Waals surface area contributed by atoms with E-state index in [1.54, 1.807) is 35.7 Å². The third-order valence-corrected chi connectivity index (χ3v) is 7.37. The van der Waals surface area contributed by atoms with Gasteiger partial charge in [-0.2, -0.15) is 5.26 Å². The van der Waals surface area contributed by atoms with Gasteiger partial charge in [-0.15, -0.1) is 0 Å². The number of ketones is 1. The molecule has 0 aliphatic carbocycles. The van der Waals surface area contributed by atoms with Gasteiger partial charge < -0.3 is 9.88 Å². The van der Waals surface area contributed by atoms with E-state index in [1.807, 2.05) is 42.7 Å². The first-order chi connectivity index (χ1) is 18.1. The molecule has 7 nitrogen and oxygen atoms in total. The van der Waals surface area contributed by atoms with E-state index in [-0.39, 0.29) is 12.2 Å². The van der Waals surface area contributed by atoms with Crippen molar-refractivity contribution < 1.29 is 4.79 Å². The van der Waals surface area contributed by atoms with Gasteiger partial charge in [0, 0.05) is 49.9 Å². The molecule has 0 saturated carbocycles. The Morgan fingerprint density at radius 1 is 1.21 bits per heavy atom. The maximum Gasteiger partial charge on any atom is 0.183 e. The molecule has 0 atom stereocenters. The van der Waals surface area contributed by atoms with Crippen molar-refractivity contribution in [2.45, 2.75) is 46.7 Å². The molecule has 2 N–H and O–H groups in total. The zero-order chi connectivity index (χ0) is 27.7. The van der Waals surface area contributed by atoms with Gasteiger partial charge in [-0.25, -0.2) is 10.4 Å². The zero-order valence-electron chi connectivity index (χ0n) is 21.8. The van der Waals surface area contributed by atoms with Gasteiger partial charge in [0.1, 0.15) is 5.78 Å². The van der Waals surface area contributed by atoms with Crippen LogP contribution in [0.2, 0.25) is 10.0 Å². The number of hydrogen-bond acceptors (Lipinski definition) is 5. The first kappa shape index (κ1) is 29.6. The third kappa shape index (κ3) is 8.02. The van der Waals surface area contributed by atoms with E-state index in [9.17, 15) is 4.79 Å². The molecule has 0 saturated heterocycles. The van der Waals surface area contributed by atoms with Crippen LogP contribution >= 0.6 is 35.4 Å². The molecular formula is C28H32Cl2N6OS. The fraction of sp³-hybridized carbons (Fsp3) is 0.357.